The first-order valence-electron chi connectivity index (χ1n) is 4.87. The van der Waals surface area contributed by atoms with Gasteiger partial charge in [-0.1, -0.05) is 0 Å². The van der Waals surface area contributed by atoms with Gasteiger partial charge in [0.05, 0.1) is 46.0 Å². The molecule has 2 aromatic heterocycles. The minimum absolute atomic E-state index is 0.263. The van der Waals surface area contributed by atoms with Crippen molar-refractivity contribution in [2.24, 2.45) is 5.73 Å². The maximum absolute atomic E-state index is 6.16. The van der Waals surface area contributed by atoms with Crippen molar-refractivity contribution in [3.63, 3.8) is 0 Å². The maximum atomic E-state index is 6.16. The Kier molecular flexibility index (Phi) is 3.36. The Balaban J connectivity index is 2.43. The third-order valence-electron chi connectivity index (χ3n) is 2.27. The van der Waals surface area contributed by atoms with Crippen LogP contribution < -0.4 is 5.73 Å². The summed E-state index contributed by atoms with van der Waals surface area (Å²) >= 11 is 4.62. The zero-order chi connectivity index (χ0) is 11.7. The van der Waals surface area contributed by atoms with E-state index in [2.05, 4.69) is 43.6 Å². The van der Waals surface area contributed by atoms with Crippen LogP contribution in [0, 0.1) is 0 Å². The molecule has 2 rings (SSSR count). The molecule has 0 aliphatic carbocycles. The summed E-state index contributed by atoms with van der Waals surface area (Å²) in [7, 11) is 0. The van der Waals surface area contributed by atoms with E-state index in [4.69, 9.17) is 5.73 Å². The predicted molar refractivity (Wildman–Crippen MR) is 66.3 cm³/mol. The van der Waals surface area contributed by atoms with Gasteiger partial charge in [0, 0.05) is 6.04 Å². The van der Waals surface area contributed by atoms with Crippen molar-refractivity contribution in [3.8, 4) is 0 Å². The van der Waals surface area contributed by atoms with E-state index in [1.54, 1.807) is 12.4 Å². The van der Waals surface area contributed by atoms with Crippen LogP contribution >= 0.6 is 27.7 Å². The first-order valence-corrected chi connectivity index (χ1v) is 6.39. The Morgan fingerprint density at radius 1 is 1.44 bits per heavy atom. The molecule has 2 N–H and O–H groups in total. The molecule has 1 atom stereocenters. The quantitative estimate of drug-likeness (QED) is 0.943. The number of aromatic nitrogens is 4. The fraction of sp³-hybridized carbons (Fsp3) is 0.444. The molecule has 7 heteroatoms. The van der Waals surface area contributed by atoms with E-state index in [0.717, 1.165) is 27.6 Å². The maximum Gasteiger partial charge on any atom is 0.0971 e. The molecule has 0 spiro atoms. The lowest BCUT2D eigenvalue weighted by atomic mass is 10.1. The Bertz CT molecular complexity index is 464. The minimum atomic E-state index is -0.293. The van der Waals surface area contributed by atoms with Crippen LogP contribution in [0.2, 0.25) is 0 Å². The van der Waals surface area contributed by atoms with E-state index >= 15 is 0 Å². The molecule has 86 valence electrons. The Hall–Kier alpha value is -0.790. The lowest BCUT2D eigenvalue weighted by molar-refractivity contribution is 0.497. The van der Waals surface area contributed by atoms with Gasteiger partial charge in [-0.05, 0) is 29.8 Å². The molecule has 0 saturated heterocycles. The van der Waals surface area contributed by atoms with Crippen molar-refractivity contribution >= 4 is 27.7 Å². The van der Waals surface area contributed by atoms with Gasteiger partial charge in [-0.15, -0.1) is 0 Å². The van der Waals surface area contributed by atoms with E-state index < -0.39 is 0 Å². The number of rotatable bonds is 3. The molecule has 0 aliphatic heterocycles. The third-order valence-corrected chi connectivity index (χ3v) is 3.37. The van der Waals surface area contributed by atoms with E-state index in [1.165, 1.54) is 0 Å². The zero-order valence-electron chi connectivity index (χ0n) is 8.96. The lowest BCUT2D eigenvalue weighted by Gasteiger charge is -2.15. The summed E-state index contributed by atoms with van der Waals surface area (Å²) in [5, 5.41) is 4.29. The molecular formula is C9H12BrN5S. The molecule has 0 radical (unpaired) electrons. The second-order valence-electron chi connectivity index (χ2n) is 3.73. The summed E-state index contributed by atoms with van der Waals surface area (Å²) in [6, 6.07) is -0.0306. The monoisotopic (exact) mass is 301 g/mol. The van der Waals surface area contributed by atoms with Gasteiger partial charge in [0.25, 0.3) is 0 Å². The summed E-state index contributed by atoms with van der Waals surface area (Å²) in [5.74, 6) is 0. The second kappa shape index (κ2) is 4.60. The molecule has 0 amide bonds. The Morgan fingerprint density at radius 2 is 2.19 bits per heavy atom. The van der Waals surface area contributed by atoms with Crippen LogP contribution in [0.1, 0.15) is 37.3 Å². The van der Waals surface area contributed by atoms with Crippen molar-refractivity contribution in [3.05, 3.63) is 28.3 Å². The van der Waals surface area contributed by atoms with Crippen molar-refractivity contribution in [1.82, 2.24) is 18.5 Å². The average molecular weight is 302 g/mol. The average Bonchev–Trinajstić information content (AvgIpc) is 2.84. The topological polar surface area (TPSA) is 69.6 Å². The van der Waals surface area contributed by atoms with Crippen LogP contribution in [0.3, 0.4) is 0 Å². The van der Waals surface area contributed by atoms with Crippen LogP contribution in [0.15, 0.2) is 16.9 Å². The van der Waals surface area contributed by atoms with Gasteiger partial charge in [0.2, 0.25) is 0 Å². The number of halogens is 1. The SMILES string of the molecule is CC(C)n1ncc(Br)c1C(N)c1cnsn1. The smallest absolute Gasteiger partial charge is 0.0971 e. The standard InChI is InChI=1S/C9H12BrN5S/c1-5(2)15-9(6(10)3-12-15)8(11)7-4-13-16-14-7/h3-5,8H,11H2,1-2H3. The fourth-order valence-electron chi connectivity index (χ4n) is 1.50. The molecule has 2 heterocycles. The van der Waals surface area contributed by atoms with E-state index in [0.29, 0.717) is 0 Å². The van der Waals surface area contributed by atoms with Gasteiger partial charge >= 0.3 is 0 Å². The molecular weight excluding hydrogens is 290 g/mol. The molecule has 0 saturated carbocycles. The number of nitrogens with two attached hydrogens (primary N) is 1. The van der Waals surface area contributed by atoms with Crippen LogP contribution in [0.25, 0.3) is 0 Å². The summed E-state index contributed by atoms with van der Waals surface area (Å²) in [4.78, 5) is 0. The minimum Gasteiger partial charge on any atom is -0.318 e. The molecule has 0 bridgehead atoms. The summed E-state index contributed by atoms with van der Waals surface area (Å²) < 4.78 is 10.9. The molecule has 5 nitrogen and oxygen atoms in total. The largest absolute Gasteiger partial charge is 0.318 e. The predicted octanol–water partition coefficient (Wildman–Crippen LogP) is 2.13. The van der Waals surface area contributed by atoms with Gasteiger partial charge < -0.3 is 5.73 Å². The summed E-state index contributed by atoms with van der Waals surface area (Å²) in [6.07, 6.45) is 3.45. The molecule has 0 aliphatic rings. The van der Waals surface area contributed by atoms with Crippen molar-refractivity contribution < 1.29 is 0 Å². The van der Waals surface area contributed by atoms with Gasteiger partial charge in [-0.3, -0.25) is 4.68 Å². The Morgan fingerprint density at radius 3 is 2.75 bits per heavy atom. The molecule has 0 fully saturated rings. The number of hydrogen-bond acceptors (Lipinski definition) is 5. The van der Waals surface area contributed by atoms with Crippen LogP contribution in [0.4, 0.5) is 0 Å². The molecule has 16 heavy (non-hydrogen) atoms. The van der Waals surface area contributed by atoms with Gasteiger partial charge in [0.15, 0.2) is 0 Å². The van der Waals surface area contributed by atoms with Crippen LogP contribution in [-0.4, -0.2) is 18.5 Å². The van der Waals surface area contributed by atoms with Crippen molar-refractivity contribution in [2.45, 2.75) is 25.9 Å². The highest BCUT2D eigenvalue weighted by Crippen LogP contribution is 2.27. The zero-order valence-corrected chi connectivity index (χ0v) is 11.4. The highest BCUT2D eigenvalue weighted by atomic mass is 79.9. The van der Waals surface area contributed by atoms with Crippen molar-refractivity contribution in [2.75, 3.05) is 0 Å². The van der Waals surface area contributed by atoms with E-state index in [1.807, 2.05) is 4.68 Å². The Labute approximate surface area is 106 Å². The van der Waals surface area contributed by atoms with Crippen LogP contribution in [-0.2, 0) is 0 Å². The molecule has 2 aromatic rings. The van der Waals surface area contributed by atoms with Gasteiger partial charge in [-0.25, -0.2) is 0 Å². The second-order valence-corrected chi connectivity index (χ2v) is 5.14. The van der Waals surface area contributed by atoms with Gasteiger partial charge in [0.1, 0.15) is 0 Å². The first kappa shape index (κ1) is 11.7. The summed E-state index contributed by atoms with van der Waals surface area (Å²) in [6.45, 7) is 4.13. The van der Waals surface area contributed by atoms with Crippen molar-refractivity contribution in [1.29, 1.82) is 0 Å². The first-order chi connectivity index (χ1) is 7.61. The number of hydrogen-bond donors (Lipinski definition) is 1. The van der Waals surface area contributed by atoms with E-state index in [9.17, 15) is 0 Å². The third kappa shape index (κ3) is 2.02. The lowest BCUT2D eigenvalue weighted by Crippen LogP contribution is -2.19. The van der Waals surface area contributed by atoms with E-state index in [-0.39, 0.29) is 12.1 Å². The van der Waals surface area contributed by atoms with Gasteiger partial charge in [-0.2, -0.15) is 13.8 Å². The normalized spacial score (nSPS) is 13.3. The number of nitrogens with zero attached hydrogens (tertiary/aromatic N) is 4. The fourth-order valence-corrected chi connectivity index (χ4v) is 2.48. The highest BCUT2D eigenvalue weighted by molar-refractivity contribution is 9.10. The molecule has 0 aromatic carbocycles. The summed E-state index contributed by atoms with van der Waals surface area (Å²) in [5.41, 5.74) is 7.86. The molecule has 1 unspecified atom stereocenters. The van der Waals surface area contributed by atoms with Crippen LogP contribution in [0.5, 0.6) is 0 Å². The highest BCUT2D eigenvalue weighted by Gasteiger charge is 2.21.